The number of hydrogen-bond acceptors (Lipinski definition) is 0. The van der Waals surface area contributed by atoms with Crippen molar-refractivity contribution in [1.82, 2.24) is 0 Å². The molecule has 0 fully saturated rings. The SMILES string of the molecule is Clc1ccc([C@@H]2C=CC=CC2)cc1Cl. The Balaban J connectivity index is 2.28. The summed E-state index contributed by atoms with van der Waals surface area (Å²) < 4.78 is 0. The van der Waals surface area contributed by atoms with Crippen molar-refractivity contribution in [2.45, 2.75) is 12.3 Å². The van der Waals surface area contributed by atoms with Gasteiger partial charge in [-0.05, 0) is 24.1 Å². The average Bonchev–Trinajstić information content (AvgIpc) is 2.23. The van der Waals surface area contributed by atoms with Crippen LogP contribution in [0.15, 0.2) is 42.5 Å². The Hall–Kier alpha value is -0.720. The summed E-state index contributed by atoms with van der Waals surface area (Å²) in [5, 5.41) is 1.25. The Morgan fingerprint density at radius 3 is 2.57 bits per heavy atom. The molecule has 0 nitrogen and oxygen atoms in total. The van der Waals surface area contributed by atoms with Gasteiger partial charge in [-0.2, -0.15) is 0 Å². The van der Waals surface area contributed by atoms with Crippen LogP contribution < -0.4 is 0 Å². The molecule has 1 aromatic rings. The van der Waals surface area contributed by atoms with Gasteiger partial charge in [-0.25, -0.2) is 0 Å². The van der Waals surface area contributed by atoms with Gasteiger partial charge in [-0.1, -0.05) is 53.6 Å². The van der Waals surface area contributed by atoms with Gasteiger partial charge in [0.2, 0.25) is 0 Å². The highest BCUT2D eigenvalue weighted by Gasteiger charge is 2.09. The van der Waals surface area contributed by atoms with Gasteiger partial charge in [0.25, 0.3) is 0 Å². The van der Waals surface area contributed by atoms with E-state index in [4.69, 9.17) is 23.2 Å². The lowest BCUT2D eigenvalue weighted by Gasteiger charge is -2.13. The van der Waals surface area contributed by atoms with Gasteiger partial charge in [-0.15, -0.1) is 0 Å². The molecule has 0 saturated heterocycles. The lowest BCUT2D eigenvalue weighted by molar-refractivity contribution is 0.854. The van der Waals surface area contributed by atoms with E-state index in [0.717, 1.165) is 6.42 Å². The van der Waals surface area contributed by atoms with Crippen LogP contribution in [0.3, 0.4) is 0 Å². The molecule has 0 saturated carbocycles. The first kappa shape index (κ1) is 9.82. The van der Waals surface area contributed by atoms with E-state index < -0.39 is 0 Å². The second-order valence-corrected chi connectivity index (χ2v) is 4.14. The molecule has 0 spiro atoms. The van der Waals surface area contributed by atoms with Crippen LogP contribution in [0.25, 0.3) is 0 Å². The van der Waals surface area contributed by atoms with Crippen LogP contribution in [0, 0.1) is 0 Å². The maximum absolute atomic E-state index is 5.96. The summed E-state index contributed by atoms with van der Waals surface area (Å²) in [6.07, 6.45) is 9.51. The molecule has 2 rings (SSSR count). The summed E-state index contributed by atoms with van der Waals surface area (Å²) in [7, 11) is 0. The van der Waals surface area contributed by atoms with Crippen molar-refractivity contribution in [1.29, 1.82) is 0 Å². The first-order valence-corrected chi connectivity index (χ1v) is 5.31. The molecule has 2 heteroatoms. The minimum Gasteiger partial charge on any atom is -0.0836 e. The summed E-state index contributed by atoms with van der Waals surface area (Å²) >= 11 is 11.8. The number of hydrogen-bond donors (Lipinski definition) is 0. The summed E-state index contributed by atoms with van der Waals surface area (Å²) in [6, 6.07) is 5.83. The molecular formula is C12H10Cl2. The summed E-state index contributed by atoms with van der Waals surface area (Å²) in [4.78, 5) is 0. The van der Waals surface area contributed by atoms with Crippen LogP contribution in [-0.2, 0) is 0 Å². The van der Waals surface area contributed by atoms with Crippen molar-refractivity contribution >= 4 is 23.2 Å². The Kier molecular flexibility index (Phi) is 2.95. The molecule has 0 aliphatic heterocycles. The van der Waals surface area contributed by atoms with E-state index in [-0.39, 0.29) is 0 Å². The van der Waals surface area contributed by atoms with Crippen LogP contribution in [0.2, 0.25) is 10.0 Å². The highest BCUT2D eigenvalue weighted by molar-refractivity contribution is 6.42. The second-order valence-electron chi connectivity index (χ2n) is 3.33. The third kappa shape index (κ3) is 2.02. The molecule has 1 aliphatic rings. The normalized spacial score (nSPS) is 20.0. The third-order valence-electron chi connectivity index (χ3n) is 2.35. The van der Waals surface area contributed by atoms with E-state index in [0.29, 0.717) is 16.0 Å². The van der Waals surface area contributed by atoms with Gasteiger partial charge in [-0.3, -0.25) is 0 Å². The standard InChI is InChI=1S/C12H10Cl2/c13-11-7-6-10(8-12(11)14)9-4-2-1-3-5-9/h1-4,6-9H,5H2/t9-/m1/s1. The first-order chi connectivity index (χ1) is 6.77. The maximum atomic E-state index is 5.96. The second kappa shape index (κ2) is 4.20. The maximum Gasteiger partial charge on any atom is 0.0595 e. The van der Waals surface area contributed by atoms with Crippen molar-refractivity contribution in [3.63, 3.8) is 0 Å². The smallest absolute Gasteiger partial charge is 0.0595 e. The van der Waals surface area contributed by atoms with Gasteiger partial charge >= 0.3 is 0 Å². The topological polar surface area (TPSA) is 0 Å². The highest BCUT2D eigenvalue weighted by Crippen LogP contribution is 2.30. The molecular weight excluding hydrogens is 215 g/mol. The Morgan fingerprint density at radius 2 is 1.93 bits per heavy atom. The van der Waals surface area contributed by atoms with Crippen molar-refractivity contribution in [3.05, 3.63) is 58.1 Å². The molecule has 0 heterocycles. The average molecular weight is 225 g/mol. The molecule has 14 heavy (non-hydrogen) atoms. The fourth-order valence-corrected chi connectivity index (χ4v) is 1.88. The quantitative estimate of drug-likeness (QED) is 0.655. The summed E-state index contributed by atoms with van der Waals surface area (Å²) in [5.41, 5.74) is 1.22. The highest BCUT2D eigenvalue weighted by atomic mass is 35.5. The first-order valence-electron chi connectivity index (χ1n) is 4.55. The van der Waals surface area contributed by atoms with Crippen molar-refractivity contribution < 1.29 is 0 Å². The molecule has 0 aromatic heterocycles. The minimum absolute atomic E-state index is 0.440. The molecule has 0 radical (unpaired) electrons. The lowest BCUT2D eigenvalue weighted by Crippen LogP contribution is -1.95. The number of rotatable bonds is 1. The molecule has 0 bridgehead atoms. The zero-order chi connectivity index (χ0) is 9.97. The monoisotopic (exact) mass is 224 g/mol. The van der Waals surface area contributed by atoms with Gasteiger partial charge in [0, 0.05) is 5.92 Å². The van der Waals surface area contributed by atoms with E-state index in [2.05, 4.69) is 24.3 Å². The molecule has 1 aliphatic carbocycles. The Bertz CT molecular complexity index is 391. The van der Waals surface area contributed by atoms with Crippen LogP contribution in [-0.4, -0.2) is 0 Å². The van der Waals surface area contributed by atoms with Crippen molar-refractivity contribution in [2.75, 3.05) is 0 Å². The van der Waals surface area contributed by atoms with E-state index in [1.165, 1.54) is 5.56 Å². The van der Waals surface area contributed by atoms with Crippen LogP contribution in [0.1, 0.15) is 17.9 Å². The van der Waals surface area contributed by atoms with Gasteiger partial charge in [0.15, 0.2) is 0 Å². The summed E-state index contributed by atoms with van der Waals surface area (Å²) in [6.45, 7) is 0. The molecule has 1 atom stereocenters. The fraction of sp³-hybridized carbons (Fsp3) is 0.167. The molecule has 0 N–H and O–H groups in total. The van der Waals surface area contributed by atoms with Gasteiger partial charge in [0.1, 0.15) is 0 Å². The van der Waals surface area contributed by atoms with Crippen molar-refractivity contribution in [2.24, 2.45) is 0 Å². The number of benzene rings is 1. The van der Waals surface area contributed by atoms with E-state index in [9.17, 15) is 0 Å². The summed E-state index contributed by atoms with van der Waals surface area (Å²) in [5.74, 6) is 0.440. The van der Waals surface area contributed by atoms with Crippen molar-refractivity contribution in [3.8, 4) is 0 Å². The van der Waals surface area contributed by atoms with Gasteiger partial charge < -0.3 is 0 Å². The van der Waals surface area contributed by atoms with Crippen LogP contribution >= 0.6 is 23.2 Å². The number of halogens is 2. The largest absolute Gasteiger partial charge is 0.0836 e. The zero-order valence-corrected chi connectivity index (χ0v) is 9.09. The van der Waals surface area contributed by atoms with Crippen LogP contribution in [0.5, 0.6) is 0 Å². The zero-order valence-electron chi connectivity index (χ0n) is 7.58. The minimum atomic E-state index is 0.440. The predicted octanol–water partition coefficient (Wildman–Crippen LogP) is 4.59. The van der Waals surface area contributed by atoms with E-state index in [1.54, 1.807) is 0 Å². The third-order valence-corrected chi connectivity index (χ3v) is 3.09. The van der Waals surface area contributed by atoms with E-state index >= 15 is 0 Å². The van der Waals surface area contributed by atoms with E-state index in [1.807, 2.05) is 18.2 Å². The molecule has 0 amide bonds. The van der Waals surface area contributed by atoms with Crippen LogP contribution in [0.4, 0.5) is 0 Å². The lowest BCUT2D eigenvalue weighted by atomic mass is 9.93. The molecule has 0 unspecified atom stereocenters. The molecule has 1 aromatic carbocycles. The molecule has 72 valence electrons. The number of allylic oxidation sites excluding steroid dienone is 4. The Morgan fingerprint density at radius 1 is 1.07 bits per heavy atom. The predicted molar refractivity (Wildman–Crippen MR) is 62.1 cm³/mol. The fourth-order valence-electron chi connectivity index (χ4n) is 1.57. The Labute approximate surface area is 93.8 Å². The van der Waals surface area contributed by atoms with Gasteiger partial charge in [0.05, 0.1) is 10.0 Å².